The molecule has 2 aliphatic carbocycles. The van der Waals surface area contributed by atoms with Gasteiger partial charge in [0, 0.05) is 6.04 Å². The van der Waals surface area contributed by atoms with Crippen molar-refractivity contribution in [1.82, 2.24) is 0 Å². The number of hydrogen-bond donors (Lipinski definition) is 1. The van der Waals surface area contributed by atoms with Crippen LogP contribution in [-0.2, 0) is 0 Å². The zero-order valence-electron chi connectivity index (χ0n) is 12.4. The zero-order chi connectivity index (χ0) is 12.8. The van der Waals surface area contributed by atoms with Gasteiger partial charge in [0.25, 0.3) is 0 Å². The molecule has 106 valence electrons. The molecular weight excluding hydrogens is 218 g/mol. The number of hydrogen-bond acceptors (Lipinski definition) is 1. The van der Waals surface area contributed by atoms with Crippen molar-refractivity contribution < 1.29 is 0 Å². The summed E-state index contributed by atoms with van der Waals surface area (Å²) >= 11 is 0. The SMILES string of the molecule is CCC1CCCC(C(N)CCC2CCCCC2)C1. The predicted molar refractivity (Wildman–Crippen MR) is 79.5 cm³/mol. The molecule has 0 aliphatic heterocycles. The van der Waals surface area contributed by atoms with Gasteiger partial charge in [-0.3, -0.25) is 0 Å². The smallest absolute Gasteiger partial charge is 0.00673 e. The summed E-state index contributed by atoms with van der Waals surface area (Å²) < 4.78 is 0. The molecule has 2 aliphatic rings. The average molecular weight is 251 g/mol. The molecule has 0 aromatic heterocycles. The molecule has 2 saturated carbocycles. The molecule has 0 spiro atoms. The van der Waals surface area contributed by atoms with Crippen molar-refractivity contribution in [2.75, 3.05) is 0 Å². The van der Waals surface area contributed by atoms with E-state index in [0.29, 0.717) is 6.04 Å². The van der Waals surface area contributed by atoms with Crippen molar-refractivity contribution >= 4 is 0 Å². The van der Waals surface area contributed by atoms with Crippen LogP contribution in [0.5, 0.6) is 0 Å². The second kappa shape index (κ2) is 7.53. The maximum Gasteiger partial charge on any atom is 0.00673 e. The Kier molecular flexibility index (Phi) is 6.01. The van der Waals surface area contributed by atoms with E-state index in [1.54, 1.807) is 0 Å². The van der Waals surface area contributed by atoms with E-state index >= 15 is 0 Å². The van der Waals surface area contributed by atoms with Crippen LogP contribution in [0.4, 0.5) is 0 Å². The van der Waals surface area contributed by atoms with Crippen molar-refractivity contribution in [2.24, 2.45) is 23.5 Å². The minimum absolute atomic E-state index is 0.501. The van der Waals surface area contributed by atoms with Crippen LogP contribution in [0.1, 0.15) is 84.0 Å². The molecule has 0 aromatic carbocycles. The number of nitrogens with two attached hydrogens (primary N) is 1. The molecule has 0 bridgehead atoms. The first-order valence-corrected chi connectivity index (χ1v) is 8.55. The maximum atomic E-state index is 6.48. The second-order valence-electron chi connectivity index (χ2n) is 6.95. The van der Waals surface area contributed by atoms with Crippen LogP contribution in [0.2, 0.25) is 0 Å². The van der Waals surface area contributed by atoms with Gasteiger partial charge in [-0.2, -0.15) is 0 Å². The van der Waals surface area contributed by atoms with Crippen LogP contribution in [0, 0.1) is 17.8 Å². The van der Waals surface area contributed by atoms with E-state index in [-0.39, 0.29) is 0 Å². The Morgan fingerprint density at radius 3 is 2.39 bits per heavy atom. The lowest BCUT2D eigenvalue weighted by Crippen LogP contribution is -2.34. The molecule has 3 unspecified atom stereocenters. The van der Waals surface area contributed by atoms with Crippen molar-refractivity contribution in [3.05, 3.63) is 0 Å². The van der Waals surface area contributed by atoms with Gasteiger partial charge in [0.05, 0.1) is 0 Å². The van der Waals surface area contributed by atoms with E-state index < -0.39 is 0 Å². The third-order valence-electron chi connectivity index (χ3n) is 5.64. The Morgan fingerprint density at radius 1 is 0.944 bits per heavy atom. The van der Waals surface area contributed by atoms with Gasteiger partial charge in [0.2, 0.25) is 0 Å². The minimum Gasteiger partial charge on any atom is -0.327 e. The molecule has 2 rings (SSSR count). The Labute approximate surface area is 114 Å². The van der Waals surface area contributed by atoms with Crippen molar-refractivity contribution in [3.63, 3.8) is 0 Å². The van der Waals surface area contributed by atoms with Gasteiger partial charge in [0.15, 0.2) is 0 Å². The van der Waals surface area contributed by atoms with E-state index in [1.807, 2.05) is 0 Å². The summed E-state index contributed by atoms with van der Waals surface area (Å²) in [6.07, 6.45) is 17.2. The van der Waals surface area contributed by atoms with Gasteiger partial charge in [-0.25, -0.2) is 0 Å². The van der Waals surface area contributed by atoms with Crippen molar-refractivity contribution in [2.45, 2.75) is 90.0 Å². The van der Waals surface area contributed by atoms with Crippen LogP contribution >= 0.6 is 0 Å². The highest BCUT2D eigenvalue weighted by atomic mass is 14.7. The molecular formula is C17H33N. The van der Waals surface area contributed by atoms with Crippen molar-refractivity contribution in [1.29, 1.82) is 0 Å². The second-order valence-corrected chi connectivity index (χ2v) is 6.95. The Hall–Kier alpha value is -0.0400. The van der Waals surface area contributed by atoms with E-state index in [9.17, 15) is 0 Å². The zero-order valence-corrected chi connectivity index (χ0v) is 12.4. The van der Waals surface area contributed by atoms with Crippen LogP contribution in [0.25, 0.3) is 0 Å². The summed E-state index contributed by atoms with van der Waals surface area (Å²) in [6, 6.07) is 0.501. The van der Waals surface area contributed by atoms with Gasteiger partial charge in [0.1, 0.15) is 0 Å². The largest absolute Gasteiger partial charge is 0.327 e. The fraction of sp³-hybridized carbons (Fsp3) is 1.00. The molecule has 18 heavy (non-hydrogen) atoms. The molecule has 1 nitrogen and oxygen atoms in total. The lowest BCUT2D eigenvalue weighted by atomic mass is 9.75. The topological polar surface area (TPSA) is 26.0 Å². The Morgan fingerprint density at radius 2 is 1.67 bits per heavy atom. The third-order valence-corrected chi connectivity index (χ3v) is 5.64. The monoisotopic (exact) mass is 251 g/mol. The lowest BCUT2D eigenvalue weighted by molar-refractivity contribution is 0.212. The summed E-state index contributed by atoms with van der Waals surface area (Å²) in [4.78, 5) is 0. The first-order valence-electron chi connectivity index (χ1n) is 8.55. The summed E-state index contributed by atoms with van der Waals surface area (Å²) in [5, 5.41) is 0. The van der Waals surface area contributed by atoms with Gasteiger partial charge in [-0.15, -0.1) is 0 Å². The predicted octanol–water partition coefficient (Wildman–Crippen LogP) is 4.89. The lowest BCUT2D eigenvalue weighted by Gasteiger charge is -2.33. The molecule has 0 aromatic rings. The van der Waals surface area contributed by atoms with Gasteiger partial charge >= 0.3 is 0 Å². The molecule has 2 fully saturated rings. The minimum atomic E-state index is 0.501. The molecule has 0 amide bonds. The molecule has 0 saturated heterocycles. The highest BCUT2D eigenvalue weighted by Crippen LogP contribution is 2.35. The quantitative estimate of drug-likeness (QED) is 0.739. The first kappa shape index (κ1) is 14.4. The van der Waals surface area contributed by atoms with E-state index in [4.69, 9.17) is 5.73 Å². The third kappa shape index (κ3) is 4.26. The van der Waals surface area contributed by atoms with Crippen LogP contribution in [-0.4, -0.2) is 6.04 Å². The molecule has 3 atom stereocenters. The summed E-state index contributed by atoms with van der Waals surface area (Å²) in [7, 11) is 0. The molecule has 1 heteroatoms. The first-order chi connectivity index (χ1) is 8.79. The van der Waals surface area contributed by atoms with Gasteiger partial charge in [-0.05, 0) is 43.4 Å². The van der Waals surface area contributed by atoms with Crippen molar-refractivity contribution in [3.8, 4) is 0 Å². The van der Waals surface area contributed by atoms with Crippen LogP contribution in [0.3, 0.4) is 0 Å². The summed E-state index contributed by atoms with van der Waals surface area (Å²) in [5.41, 5.74) is 6.48. The fourth-order valence-electron chi connectivity index (χ4n) is 4.23. The molecule has 0 radical (unpaired) electrons. The Balaban J connectivity index is 1.68. The van der Waals surface area contributed by atoms with Crippen LogP contribution < -0.4 is 5.73 Å². The maximum absolute atomic E-state index is 6.48. The normalized spacial score (nSPS) is 32.3. The van der Waals surface area contributed by atoms with E-state index in [1.165, 1.54) is 77.0 Å². The fourth-order valence-corrected chi connectivity index (χ4v) is 4.23. The molecule has 0 heterocycles. The van der Waals surface area contributed by atoms with Crippen LogP contribution in [0.15, 0.2) is 0 Å². The molecule has 2 N–H and O–H groups in total. The summed E-state index contributed by atoms with van der Waals surface area (Å²) in [5.74, 6) is 2.83. The average Bonchev–Trinajstić information content (AvgIpc) is 2.46. The summed E-state index contributed by atoms with van der Waals surface area (Å²) in [6.45, 7) is 2.35. The Bertz CT molecular complexity index is 220. The highest BCUT2D eigenvalue weighted by molar-refractivity contribution is 4.81. The van der Waals surface area contributed by atoms with E-state index in [0.717, 1.165) is 17.8 Å². The van der Waals surface area contributed by atoms with Gasteiger partial charge in [-0.1, -0.05) is 58.3 Å². The number of rotatable bonds is 5. The standard InChI is InChI=1S/C17H33N/c1-2-14-9-6-10-16(13-14)17(18)12-11-15-7-4-3-5-8-15/h14-17H,2-13,18H2,1H3. The highest BCUT2D eigenvalue weighted by Gasteiger charge is 2.26. The van der Waals surface area contributed by atoms with Gasteiger partial charge < -0.3 is 5.73 Å². The van der Waals surface area contributed by atoms with E-state index in [2.05, 4.69) is 6.92 Å².